The van der Waals surface area contributed by atoms with Gasteiger partial charge in [0.15, 0.2) is 0 Å². The lowest BCUT2D eigenvalue weighted by atomic mass is 10.0. The first-order chi connectivity index (χ1) is 11.4. The second-order valence-corrected chi connectivity index (χ2v) is 6.97. The summed E-state index contributed by atoms with van der Waals surface area (Å²) in [5.41, 5.74) is 5.50. The number of benzene rings is 3. The lowest BCUT2D eigenvalue weighted by Crippen LogP contribution is -2.11. The zero-order valence-corrected chi connectivity index (χ0v) is 13.9. The van der Waals surface area contributed by atoms with E-state index >= 15 is 0 Å². The number of fused-ring (bicyclic) bond motifs is 1. The molecule has 0 bridgehead atoms. The van der Waals surface area contributed by atoms with Crippen LogP contribution in [0.3, 0.4) is 0 Å². The Hall–Kier alpha value is -2.70. The van der Waals surface area contributed by atoms with Crippen molar-refractivity contribution in [3.05, 3.63) is 72.3 Å². The van der Waals surface area contributed by atoms with E-state index in [-0.39, 0.29) is 4.90 Å². The molecule has 122 valence electrons. The Morgan fingerprint density at radius 1 is 0.958 bits per heavy atom. The number of nitrogens with zero attached hydrogens (tertiary/aromatic N) is 1. The topological polar surface area (TPSA) is 84.5 Å². The molecule has 3 rings (SSSR count). The van der Waals surface area contributed by atoms with E-state index in [4.69, 9.17) is 5.14 Å². The minimum absolute atomic E-state index is 0.0720. The van der Waals surface area contributed by atoms with Gasteiger partial charge < -0.3 is 0 Å². The van der Waals surface area contributed by atoms with E-state index in [0.717, 1.165) is 22.0 Å². The van der Waals surface area contributed by atoms with Gasteiger partial charge in [0.25, 0.3) is 0 Å². The summed E-state index contributed by atoms with van der Waals surface area (Å²) in [6.07, 6.45) is 0. The highest BCUT2D eigenvalue weighted by atomic mass is 32.2. The molecule has 0 fully saturated rings. The van der Waals surface area contributed by atoms with Crippen LogP contribution in [-0.2, 0) is 10.0 Å². The molecule has 0 amide bonds. The second kappa shape index (κ2) is 6.43. The zero-order chi connectivity index (χ0) is 17.2. The van der Waals surface area contributed by atoms with E-state index in [9.17, 15) is 8.42 Å². The Morgan fingerprint density at radius 2 is 1.62 bits per heavy atom. The van der Waals surface area contributed by atoms with Crippen LogP contribution >= 0.6 is 0 Å². The Morgan fingerprint density at radius 3 is 2.33 bits per heavy atom. The summed E-state index contributed by atoms with van der Waals surface area (Å²) in [5.74, 6) is 0. The third-order valence-electron chi connectivity index (χ3n) is 3.71. The maximum Gasteiger partial charge on any atom is 0.238 e. The van der Waals surface area contributed by atoms with Crippen molar-refractivity contribution in [3.8, 4) is 0 Å². The SMILES string of the molecule is CC(=NNc1ccc(S(N)(=O)=O)cc1)c1cccc2ccccc12. The highest BCUT2D eigenvalue weighted by Crippen LogP contribution is 2.19. The van der Waals surface area contributed by atoms with Gasteiger partial charge in [0.1, 0.15) is 0 Å². The molecule has 0 atom stereocenters. The first-order valence-electron chi connectivity index (χ1n) is 7.36. The second-order valence-electron chi connectivity index (χ2n) is 5.41. The van der Waals surface area contributed by atoms with Gasteiger partial charge in [-0.1, -0.05) is 42.5 Å². The quantitative estimate of drug-likeness (QED) is 0.565. The minimum Gasteiger partial charge on any atom is -0.278 e. The number of hydrogen-bond acceptors (Lipinski definition) is 4. The number of anilines is 1. The van der Waals surface area contributed by atoms with Gasteiger partial charge in [-0.2, -0.15) is 5.10 Å². The predicted octanol–water partition coefficient (Wildman–Crippen LogP) is 3.32. The van der Waals surface area contributed by atoms with Gasteiger partial charge in [-0.3, -0.25) is 5.43 Å². The maximum atomic E-state index is 11.2. The van der Waals surface area contributed by atoms with Crippen molar-refractivity contribution in [2.75, 3.05) is 5.43 Å². The number of hydrazone groups is 1. The number of primary sulfonamides is 1. The maximum absolute atomic E-state index is 11.2. The molecule has 6 heteroatoms. The fourth-order valence-corrected chi connectivity index (χ4v) is 2.98. The van der Waals surface area contributed by atoms with E-state index < -0.39 is 10.0 Å². The third kappa shape index (κ3) is 3.45. The first kappa shape index (κ1) is 16.2. The Bertz CT molecular complexity index is 1000. The fourth-order valence-electron chi connectivity index (χ4n) is 2.47. The lowest BCUT2D eigenvalue weighted by molar-refractivity contribution is 0.598. The molecule has 0 saturated carbocycles. The largest absolute Gasteiger partial charge is 0.278 e. The molecule has 0 aromatic heterocycles. The van der Waals surface area contributed by atoms with Crippen LogP contribution in [0, 0.1) is 0 Å². The molecule has 5 nitrogen and oxygen atoms in total. The van der Waals surface area contributed by atoms with Crippen molar-refractivity contribution < 1.29 is 8.42 Å². The van der Waals surface area contributed by atoms with Crippen LogP contribution < -0.4 is 10.6 Å². The normalized spacial score (nSPS) is 12.3. The molecule has 24 heavy (non-hydrogen) atoms. The number of hydrogen-bond donors (Lipinski definition) is 2. The van der Waals surface area contributed by atoms with E-state index in [1.165, 1.54) is 12.1 Å². The van der Waals surface area contributed by atoms with Crippen LogP contribution in [0.2, 0.25) is 0 Å². The lowest BCUT2D eigenvalue weighted by Gasteiger charge is -2.07. The summed E-state index contributed by atoms with van der Waals surface area (Å²) < 4.78 is 22.5. The Balaban J connectivity index is 1.86. The zero-order valence-electron chi connectivity index (χ0n) is 13.1. The van der Waals surface area contributed by atoms with Crippen LogP contribution in [0.1, 0.15) is 12.5 Å². The summed E-state index contributed by atoms with van der Waals surface area (Å²) in [4.78, 5) is 0.0720. The highest BCUT2D eigenvalue weighted by molar-refractivity contribution is 7.89. The Labute approximate surface area is 140 Å². The summed E-state index contributed by atoms with van der Waals surface area (Å²) in [6.45, 7) is 1.92. The summed E-state index contributed by atoms with van der Waals surface area (Å²) in [5, 5.41) is 11.8. The van der Waals surface area contributed by atoms with Gasteiger partial charge in [-0.25, -0.2) is 13.6 Å². The van der Waals surface area contributed by atoms with Crippen molar-refractivity contribution in [1.29, 1.82) is 0 Å². The number of rotatable bonds is 4. The summed E-state index contributed by atoms with van der Waals surface area (Å²) >= 11 is 0. The Kier molecular flexibility index (Phi) is 4.33. The van der Waals surface area contributed by atoms with Crippen LogP contribution in [0.5, 0.6) is 0 Å². The minimum atomic E-state index is -3.68. The number of sulfonamides is 1. The molecule has 0 spiro atoms. The van der Waals surface area contributed by atoms with Crippen molar-refractivity contribution in [2.24, 2.45) is 10.2 Å². The van der Waals surface area contributed by atoms with Crippen molar-refractivity contribution in [1.82, 2.24) is 0 Å². The van der Waals surface area contributed by atoms with Crippen molar-refractivity contribution in [2.45, 2.75) is 11.8 Å². The number of nitrogens with two attached hydrogens (primary N) is 1. The molecular weight excluding hydrogens is 322 g/mol. The summed E-state index contributed by atoms with van der Waals surface area (Å²) in [7, 11) is -3.68. The van der Waals surface area contributed by atoms with Gasteiger partial charge >= 0.3 is 0 Å². The van der Waals surface area contributed by atoms with E-state index in [0.29, 0.717) is 5.69 Å². The molecule has 3 aromatic rings. The van der Waals surface area contributed by atoms with Gasteiger partial charge in [-0.05, 0) is 42.0 Å². The molecule has 0 aliphatic rings. The fraction of sp³-hybridized carbons (Fsp3) is 0.0556. The predicted molar refractivity (Wildman–Crippen MR) is 97.6 cm³/mol. The van der Waals surface area contributed by atoms with Gasteiger partial charge in [0.05, 0.1) is 16.3 Å². The first-order valence-corrected chi connectivity index (χ1v) is 8.91. The molecular formula is C18H17N3O2S. The molecule has 0 aliphatic heterocycles. The third-order valence-corrected chi connectivity index (χ3v) is 4.64. The molecule has 3 N–H and O–H groups in total. The van der Waals surface area contributed by atoms with Crippen molar-refractivity contribution in [3.63, 3.8) is 0 Å². The van der Waals surface area contributed by atoms with Crippen LogP contribution in [0.25, 0.3) is 10.8 Å². The standard InChI is InChI=1S/C18H17N3O2S/c1-13(17-8-4-6-14-5-2-3-7-18(14)17)20-21-15-9-11-16(12-10-15)24(19,22)23/h2-12,21H,1H3,(H2,19,22,23). The molecule has 0 radical (unpaired) electrons. The molecule has 3 aromatic carbocycles. The average molecular weight is 339 g/mol. The van der Waals surface area contributed by atoms with Crippen molar-refractivity contribution >= 4 is 32.2 Å². The van der Waals surface area contributed by atoms with Gasteiger partial charge in [0, 0.05) is 5.56 Å². The highest BCUT2D eigenvalue weighted by Gasteiger charge is 2.07. The number of nitrogens with one attached hydrogen (secondary N) is 1. The van der Waals surface area contributed by atoms with Crippen LogP contribution in [0.4, 0.5) is 5.69 Å². The smallest absolute Gasteiger partial charge is 0.238 e. The molecule has 0 aliphatic carbocycles. The monoisotopic (exact) mass is 339 g/mol. The average Bonchev–Trinajstić information content (AvgIpc) is 2.59. The molecule has 0 unspecified atom stereocenters. The van der Waals surface area contributed by atoms with Crippen LogP contribution in [0.15, 0.2) is 76.7 Å². The van der Waals surface area contributed by atoms with E-state index in [1.807, 2.05) is 31.2 Å². The molecule has 0 saturated heterocycles. The van der Waals surface area contributed by atoms with E-state index in [2.05, 4.69) is 28.7 Å². The van der Waals surface area contributed by atoms with Gasteiger partial charge in [-0.15, -0.1) is 0 Å². The summed E-state index contributed by atoms with van der Waals surface area (Å²) in [6, 6.07) is 20.3. The van der Waals surface area contributed by atoms with Crippen LogP contribution in [-0.4, -0.2) is 14.1 Å². The van der Waals surface area contributed by atoms with E-state index in [1.54, 1.807) is 12.1 Å². The van der Waals surface area contributed by atoms with Gasteiger partial charge in [0.2, 0.25) is 10.0 Å². The molecule has 0 heterocycles.